The highest BCUT2D eigenvalue weighted by atomic mass is 16.4. The number of carboxylic acids is 1. The van der Waals surface area contributed by atoms with Gasteiger partial charge in [0.05, 0.1) is 6.54 Å². The molecule has 2 atom stereocenters. The van der Waals surface area contributed by atoms with Crippen LogP contribution in [-0.2, 0) is 4.79 Å². The molecule has 0 aromatic heterocycles. The minimum absolute atomic E-state index is 0.146. The molecule has 0 fully saturated rings. The van der Waals surface area contributed by atoms with E-state index in [-0.39, 0.29) is 12.6 Å². The van der Waals surface area contributed by atoms with E-state index in [4.69, 9.17) is 16.6 Å². The normalized spacial score (nSPS) is 13.3. The Kier molecular flexibility index (Phi) is 6.72. The van der Waals surface area contributed by atoms with Crippen LogP contribution in [0.4, 0.5) is 4.79 Å². The standard InChI is InChI=1S/C10H16N2O4/c1-3-5-7(4-2)12-10(16)11-6-8(13)9(14)15/h1,7-8,13H,4-6H2,2H3,(H,14,15)(H2,11,12,16). The molecule has 0 rings (SSSR count). The molecule has 0 saturated heterocycles. The number of nitrogens with one attached hydrogen (secondary N) is 2. The molecule has 0 bridgehead atoms. The van der Waals surface area contributed by atoms with Gasteiger partial charge in [-0.25, -0.2) is 9.59 Å². The lowest BCUT2D eigenvalue weighted by Crippen LogP contribution is -2.45. The van der Waals surface area contributed by atoms with Crippen molar-refractivity contribution in [3.8, 4) is 12.3 Å². The quantitative estimate of drug-likeness (QED) is 0.462. The third kappa shape index (κ3) is 5.88. The highest BCUT2D eigenvalue weighted by Gasteiger charge is 2.15. The number of terminal acetylenes is 1. The second-order valence-corrected chi connectivity index (χ2v) is 3.22. The zero-order chi connectivity index (χ0) is 12.6. The molecule has 0 saturated carbocycles. The van der Waals surface area contributed by atoms with E-state index in [2.05, 4.69) is 16.6 Å². The lowest BCUT2D eigenvalue weighted by molar-refractivity contribution is -0.146. The molecule has 16 heavy (non-hydrogen) atoms. The molecular formula is C10H16N2O4. The van der Waals surface area contributed by atoms with E-state index in [0.717, 1.165) is 0 Å². The molecule has 0 aromatic carbocycles. The fraction of sp³-hybridized carbons (Fsp3) is 0.600. The van der Waals surface area contributed by atoms with E-state index >= 15 is 0 Å². The highest BCUT2D eigenvalue weighted by Crippen LogP contribution is 1.95. The number of urea groups is 1. The Bertz CT molecular complexity index is 285. The number of carbonyl (C=O) groups excluding carboxylic acids is 1. The first-order valence-corrected chi connectivity index (χ1v) is 4.90. The van der Waals surface area contributed by atoms with Gasteiger partial charge in [0, 0.05) is 12.5 Å². The average Bonchev–Trinajstić information content (AvgIpc) is 2.24. The summed E-state index contributed by atoms with van der Waals surface area (Å²) in [5.41, 5.74) is 0. The van der Waals surface area contributed by atoms with Crippen molar-refractivity contribution >= 4 is 12.0 Å². The molecule has 0 radical (unpaired) electrons. The number of amides is 2. The molecule has 2 amide bonds. The highest BCUT2D eigenvalue weighted by molar-refractivity contribution is 5.76. The second kappa shape index (κ2) is 7.54. The van der Waals surface area contributed by atoms with Crippen LogP contribution in [0.3, 0.4) is 0 Å². The predicted molar refractivity (Wildman–Crippen MR) is 57.7 cm³/mol. The van der Waals surface area contributed by atoms with Crippen molar-refractivity contribution in [1.29, 1.82) is 0 Å². The Hall–Kier alpha value is -1.74. The van der Waals surface area contributed by atoms with Crippen LogP contribution in [0, 0.1) is 12.3 Å². The van der Waals surface area contributed by atoms with Gasteiger partial charge in [-0.1, -0.05) is 6.92 Å². The molecule has 0 aliphatic carbocycles. The Balaban J connectivity index is 3.90. The van der Waals surface area contributed by atoms with Crippen molar-refractivity contribution in [1.82, 2.24) is 10.6 Å². The van der Waals surface area contributed by atoms with Crippen molar-refractivity contribution in [2.24, 2.45) is 0 Å². The van der Waals surface area contributed by atoms with Crippen molar-refractivity contribution in [2.45, 2.75) is 31.9 Å². The number of hydrogen-bond donors (Lipinski definition) is 4. The molecule has 0 aliphatic heterocycles. The zero-order valence-corrected chi connectivity index (χ0v) is 9.06. The first-order chi connectivity index (χ1) is 7.51. The summed E-state index contributed by atoms with van der Waals surface area (Å²) in [5.74, 6) is 1.04. The molecule has 0 spiro atoms. The molecule has 2 unspecified atom stereocenters. The van der Waals surface area contributed by atoms with Crippen molar-refractivity contribution in [3.05, 3.63) is 0 Å². The minimum Gasteiger partial charge on any atom is -0.479 e. The summed E-state index contributed by atoms with van der Waals surface area (Å²) in [7, 11) is 0. The number of carboxylic acid groups (broad SMARTS) is 1. The Morgan fingerprint density at radius 2 is 2.12 bits per heavy atom. The molecular weight excluding hydrogens is 212 g/mol. The average molecular weight is 228 g/mol. The first kappa shape index (κ1) is 14.3. The summed E-state index contributed by atoms with van der Waals surface area (Å²) in [6.07, 6.45) is 4.59. The first-order valence-electron chi connectivity index (χ1n) is 4.90. The van der Waals surface area contributed by atoms with Gasteiger partial charge >= 0.3 is 12.0 Å². The van der Waals surface area contributed by atoms with Gasteiger partial charge < -0.3 is 20.8 Å². The van der Waals surface area contributed by atoms with Crippen molar-refractivity contribution in [3.63, 3.8) is 0 Å². The molecule has 0 aliphatic rings. The number of aliphatic hydroxyl groups excluding tert-OH is 1. The van der Waals surface area contributed by atoms with Crippen LogP contribution in [-0.4, -0.2) is 40.9 Å². The lowest BCUT2D eigenvalue weighted by atomic mass is 10.2. The van der Waals surface area contributed by atoms with Gasteiger partial charge in [-0.3, -0.25) is 0 Å². The van der Waals surface area contributed by atoms with Gasteiger partial charge in [0.2, 0.25) is 0 Å². The molecule has 6 heteroatoms. The number of carbonyl (C=O) groups is 2. The van der Waals surface area contributed by atoms with E-state index in [1.54, 1.807) is 0 Å². The Morgan fingerprint density at radius 1 is 1.50 bits per heavy atom. The van der Waals surface area contributed by atoms with Crippen molar-refractivity contribution < 1.29 is 19.8 Å². The summed E-state index contributed by atoms with van der Waals surface area (Å²) < 4.78 is 0. The van der Waals surface area contributed by atoms with Crippen LogP contribution in [0.5, 0.6) is 0 Å². The summed E-state index contributed by atoms with van der Waals surface area (Å²) in [5, 5.41) is 22.1. The summed E-state index contributed by atoms with van der Waals surface area (Å²) in [4.78, 5) is 21.5. The third-order valence-electron chi connectivity index (χ3n) is 1.93. The van der Waals surface area contributed by atoms with Crippen LogP contribution in [0.25, 0.3) is 0 Å². The molecule has 0 heterocycles. The monoisotopic (exact) mass is 228 g/mol. The predicted octanol–water partition coefficient (Wildman–Crippen LogP) is -0.467. The van der Waals surface area contributed by atoms with E-state index in [1.807, 2.05) is 6.92 Å². The van der Waals surface area contributed by atoms with Gasteiger partial charge in [0.1, 0.15) is 0 Å². The van der Waals surface area contributed by atoms with E-state index < -0.39 is 18.1 Å². The fourth-order valence-electron chi connectivity index (χ4n) is 0.953. The maximum atomic E-state index is 11.2. The van der Waals surface area contributed by atoms with Gasteiger partial charge in [-0.05, 0) is 6.42 Å². The topological polar surface area (TPSA) is 98.7 Å². The van der Waals surface area contributed by atoms with E-state index in [9.17, 15) is 9.59 Å². The van der Waals surface area contributed by atoms with Crippen molar-refractivity contribution in [2.75, 3.05) is 6.54 Å². The fourth-order valence-corrected chi connectivity index (χ4v) is 0.953. The van der Waals surface area contributed by atoms with Crippen LogP contribution in [0.2, 0.25) is 0 Å². The summed E-state index contributed by atoms with van der Waals surface area (Å²) >= 11 is 0. The smallest absolute Gasteiger partial charge is 0.334 e. The van der Waals surface area contributed by atoms with Crippen LogP contribution < -0.4 is 10.6 Å². The lowest BCUT2D eigenvalue weighted by Gasteiger charge is -2.15. The molecule has 4 N–H and O–H groups in total. The van der Waals surface area contributed by atoms with Gasteiger partial charge in [-0.2, -0.15) is 0 Å². The number of hydrogen-bond acceptors (Lipinski definition) is 3. The summed E-state index contributed by atoms with van der Waals surface area (Å²) in [6.45, 7) is 1.53. The maximum Gasteiger partial charge on any atom is 0.334 e. The van der Waals surface area contributed by atoms with Gasteiger partial charge in [-0.15, -0.1) is 12.3 Å². The van der Waals surface area contributed by atoms with Crippen LogP contribution in [0.1, 0.15) is 19.8 Å². The SMILES string of the molecule is C#CCC(CC)NC(=O)NCC(O)C(=O)O. The van der Waals surface area contributed by atoms with E-state index in [0.29, 0.717) is 12.8 Å². The third-order valence-corrected chi connectivity index (χ3v) is 1.93. The van der Waals surface area contributed by atoms with Gasteiger partial charge in [0.25, 0.3) is 0 Å². The van der Waals surface area contributed by atoms with Gasteiger partial charge in [0.15, 0.2) is 6.10 Å². The summed E-state index contributed by atoms with van der Waals surface area (Å²) in [6, 6.07) is -0.686. The van der Waals surface area contributed by atoms with Crippen LogP contribution >= 0.6 is 0 Å². The second-order valence-electron chi connectivity index (χ2n) is 3.22. The zero-order valence-electron chi connectivity index (χ0n) is 9.06. The Morgan fingerprint density at radius 3 is 2.56 bits per heavy atom. The number of aliphatic hydroxyl groups is 1. The Labute approximate surface area is 94.0 Å². The number of rotatable bonds is 6. The largest absolute Gasteiger partial charge is 0.479 e. The van der Waals surface area contributed by atoms with E-state index in [1.165, 1.54) is 0 Å². The molecule has 90 valence electrons. The van der Waals surface area contributed by atoms with Crippen LogP contribution in [0.15, 0.2) is 0 Å². The molecule has 6 nitrogen and oxygen atoms in total. The number of aliphatic carboxylic acids is 1. The minimum atomic E-state index is -1.60. The maximum absolute atomic E-state index is 11.2. The molecule has 0 aromatic rings.